The minimum atomic E-state index is -1.02. The van der Waals surface area contributed by atoms with Crippen LogP contribution in [0.2, 0.25) is 0 Å². The predicted octanol–water partition coefficient (Wildman–Crippen LogP) is 3.10. The van der Waals surface area contributed by atoms with Gasteiger partial charge in [-0.3, -0.25) is 9.78 Å². The fraction of sp³-hybridized carbons (Fsp3) is 0.429. The smallest absolute Gasteiger partial charge is 0.228 e. The summed E-state index contributed by atoms with van der Waals surface area (Å²) < 4.78 is 14.4. The zero-order chi connectivity index (χ0) is 20.5. The molecule has 1 fully saturated rings. The zero-order valence-electron chi connectivity index (χ0n) is 16.8. The molecular weight excluding hydrogens is 389 g/mol. The van der Waals surface area contributed by atoms with Crippen LogP contribution in [0.4, 0.5) is 4.39 Å². The van der Waals surface area contributed by atoms with Gasteiger partial charge in [0.2, 0.25) is 5.91 Å². The standard InChI is InChI=1S/C21H24FN5OS/c1-13-24-25-21(29-13)14-4-5-15-11-23-17(9-16(15)8-14)10-20(28)27-7-6-19(26(2)3)18(22)12-27/h4-5,8-9,11,18-19H,6-7,10,12H2,1-3H3/t18-,19-/m0/s1. The lowest BCUT2D eigenvalue weighted by Crippen LogP contribution is -2.52. The highest BCUT2D eigenvalue weighted by Crippen LogP contribution is 2.27. The second-order valence-corrected chi connectivity index (χ2v) is 8.90. The zero-order valence-corrected chi connectivity index (χ0v) is 17.6. The number of piperidine rings is 1. The van der Waals surface area contributed by atoms with E-state index in [1.807, 2.05) is 50.2 Å². The van der Waals surface area contributed by atoms with Crippen molar-refractivity contribution in [3.63, 3.8) is 0 Å². The van der Waals surface area contributed by atoms with Gasteiger partial charge in [-0.1, -0.05) is 23.5 Å². The number of halogens is 1. The van der Waals surface area contributed by atoms with Crippen LogP contribution in [0.25, 0.3) is 21.3 Å². The van der Waals surface area contributed by atoms with E-state index in [-0.39, 0.29) is 24.9 Å². The molecule has 1 aliphatic heterocycles. The number of aromatic nitrogens is 3. The molecule has 0 bridgehead atoms. The molecule has 1 aliphatic rings. The molecule has 6 nitrogen and oxygen atoms in total. The highest BCUT2D eigenvalue weighted by molar-refractivity contribution is 7.14. The number of aryl methyl sites for hydroxylation is 1. The van der Waals surface area contributed by atoms with Crippen molar-refractivity contribution >= 4 is 28.0 Å². The molecule has 8 heteroatoms. The Morgan fingerprint density at radius 2 is 2.10 bits per heavy atom. The van der Waals surface area contributed by atoms with E-state index in [4.69, 9.17) is 0 Å². The Morgan fingerprint density at radius 1 is 1.28 bits per heavy atom. The second-order valence-electron chi connectivity index (χ2n) is 7.72. The number of hydrogen-bond donors (Lipinski definition) is 0. The van der Waals surface area contributed by atoms with Crippen molar-refractivity contribution in [1.29, 1.82) is 0 Å². The number of carbonyl (C=O) groups is 1. The van der Waals surface area contributed by atoms with Gasteiger partial charge in [-0.05, 0) is 45.0 Å². The number of likely N-dealkylation sites (tertiary alicyclic amines) is 1. The Hall–Kier alpha value is -2.45. The van der Waals surface area contributed by atoms with Crippen molar-refractivity contribution in [3.05, 3.63) is 41.2 Å². The lowest BCUT2D eigenvalue weighted by Gasteiger charge is -2.37. The summed E-state index contributed by atoms with van der Waals surface area (Å²) in [6.45, 7) is 2.66. The molecule has 1 aromatic carbocycles. The lowest BCUT2D eigenvalue weighted by molar-refractivity contribution is -0.133. The van der Waals surface area contributed by atoms with Crippen LogP contribution in [0.1, 0.15) is 17.1 Å². The summed E-state index contributed by atoms with van der Waals surface area (Å²) in [5.74, 6) is -0.0763. The monoisotopic (exact) mass is 413 g/mol. The number of benzene rings is 1. The Labute approximate surface area is 173 Å². The number of alkyl halides is 1. The van der Waals surface area contributed by atoms with Gasteiger partial charge in [0.1, 0.15) is 16.2 Å². The molecule has 2 aromatic heterocycles. The Kier molecular flexibility index (Phi) is 5.56. The van der Waals surface area contributed by atoms with E-state index in [1.165, 1.54) is 0 Å². The van der Waals surface area contributed by atoms with Crippen molar-refractivity contribution < 1.29 is 9.18 Å². The summed E-state index contributed by atoms with van der Waals surface area (Å²) in [6.07, 6.45) is 1.58. The summed E-state index contributed by atoms with van der Waals surface area (Å²) in [6, 6.07) is 7.86. The molecule has 1 saturated heterocycles. The van der Waals surface area contributed by atoms with E-state index in [9.17, 15) is 9.18 Å². The fourth-order valence-electron chi connectivity index (χ4n) is 3.80. The molecule has 0 aliphatic carbocycles. The number of nitrogens with zero attached hydrogens (tertiary/aromatic N) is 5. The first kappa shape index (κ1) is 19.8. The fourth-order valence-corrected chi connectivity index (χ4v) is 4.48. The van der Waals surface area contributed by atoms with Gasteiger partial charge in [-0.2, -0.15) is 0 Å². The van der Waals surface area contributed by atoms with E-state index in [1.54, 1.807) is 22.4 Å². The number of carbonyl (C=O) groups excluding carboxylic acids is 1. The molecule has 4 rings (SSSR count). The van der Waals surface area contributed by atoms with Crippen LogP contribution in [0.5, 0.6) is 0 Å². The minimum Gasteiger partial charge on any atom is -0.339 e. The first-order chi connectivity index (χ1) is 13.9. The van der Waals surface area contributed by atoms with E-state index in [0.29, 0.717) is 18.7 Å². The summed E-state index contributed by atoms with van der Waals surface area (Å²) in [5.41, 5.74) is 1.69. The molecule has 0 unspecified atom stereocenters. The Bertz CT molecular complexity index is 1040. The quantitative estimate of drug-likeness (QED) is 0.658. The first-order valence-electron chi connectivity index (χ1n) is 9.68. The summed E-state index contributed by atoms with van der Waals surface area (Å²) in [4.78, 5) is 20.7. The largest absolute Gasteiger partial charge is 0.339 e. The van der Waals surface area contributed by atoms with Crippen LogP contribution in [0, 0.1) is 6.92 Å². The van der Waals surface area contributed by atoms with Gasteiger partial charge in [0.15, 0.2) is 0 Å². The molecule has 1 amide bonds. The third-order valence-corrected chi connectivity index (χ3v) is 6.29. The number of fused-ring (bicyclic) bond motifs is 1. The molecule has 2 atom stereocenters. The number of pyridine rings is 1. The van der Waals surface area contributed by atoms with Gasteiger partial charge < -0.3 is 9.80 Å². The van der Waals surface area contributed by atoms with Gasteiger partial charge in [-0.25, -0.2) is 4.39 Å². The SMILES string of the molecule is Cc1nnc(-c2ccc3cnc(CC(=O)N4CC[C@H](N(C)C)[C@@H](F)C4)cc3c2)s1. The molecule has 3 heterocycles. The van der Waals surface area contributed by atoms with Crippen LogP contribution in [0.3, 0.4) is 0 Å². The van der Waals surface area contributed by atoms with E-state index in [2.05, 4.69) is 15.2 Å². The molecular formula is C21H24FN5OS. The molecule has 29 heavy (non-hydrogen) atoms. The van der Waals surface area contributed by atoms with Crippen molar-refractivity contribution in [3.8, 4) is 10.6 Å². The first-order valence-corrected chi connectivity index (χ1v) is 10.5. The Balaban J connectivity index is 1.50. The molecule has 0 radical (unpaired) electrons. The topological polar surface area (TPSA) is 62.2 Å². The van der Waals surface area contributed by atoms with Crippen LogP contribution in [-0.2, 0) is 11.2 Å². The average Bonchev–Trinajstić information content (AvgIpc) is 3.13. The third kappa shape index (κ3) is 4.28. The second kappa shape index (κ2) is 8.12. The number of rotatable bonds is 4. The maximum atomic E-state index is 14.4. The number of hydrogen-bond acceptors (Lipinski definition) is 6. The molecule has 0 spiro atoms. The summed E-state index contributed by atoms with van der Waals surface area (Å²) in [5, 5.41) is 12.1. The minimum absolute atomic E-state index is 0.0763. The maximum absolute atomic E-state index is 14.4. The summed E-state index contributed by atoms with van der Waals surface area (Å²) >= 11 is 1.55. The molecule has 0 N–H and O–H groups in total. The van der Waals surface area contributed by atoms with Gasteiger partial charge in [0.05, 0.1) is 18.7 Å². The Morgan fingerprint density at radius 3 is 2.79 bits per heavy atom. The van der Waals surface area contributed by atoms with Gasteiger partial charge >= 0.3 is 0 Å². The average molecular weight is 414 g/mol. The van der Waals surface area contributed by atoms with E-state index in [0.717, 1.165) is 26.4 Å². The third-order valence-electron chi connectivity index (χ3n) is 5.41. The maximum Gasteiger partial charge on any atom is 0.228 e. The van der Waals surface area contributed by atoms with Gasteiger partial charge in [0.25, 0.3) is 0 Å². The van der Waals surface area contributed by atoms with Gasteiger partial charge in [0, 0.05) is 29.7 Å². The van der Waals surface area contributed by atoms with Crippen LogP contribution in [0.15, 0.2) is 30.5 Å². The molecule has 0 saturated carbocycles. The molecule has 3 aromatic rings. The molecule has 152 valence electrons. The highest BCUT2D eigenvalue weighted by Gasteiger charge is 2.32. The van der Waals surface area contributed by atoms with Crippen LogP contribution < -0.4 is 0 Å². The van der Waals surface area contributed by atoms with Crippen molar-refractivity contribution in [2.24, 2.45) is 0 Å². The predicted molar refractivity (Wildman–Crippen MR) is 113 cm³/mol. The van der Waals surface area contributed by atoms with Crippen molar-refractivity contribution in [1.82, 2.24) is 25.0 Å². The van der Waals surface area contributed by atoms with E-state index >= 15 is 0 Å². The van der Waals surface area contributed by atoms with E-state index < -0.39 is 6.17 Å². The normalized spacial score (nSPS) is 19.8. The summed E-state index contributed by atoms with van der Waals surface area (Å²) in [7, 11) is 3.76. The van der Waals surface area contributed by atoms with Crippen LogP contribution >= 0.6 is 11.3 Å². The van der Waals surface area contributed by atoms with Crippen molar-refractivity contribution in [2.75, 3.05) is 27.2 Å². The van der Waals surface area contributed by atoms with Gasteiger partial charge in [-0.15, -0.1) is 10.2 Å². The number of amides is 1. The van der Waals surface area contributed by atoms with Crippen LogP contribution in [-0.4, -0.2) is 70.3 Å². The van der Waals surface area contributed by atoms with Crippen molar-refractivity contribution in [2.45, 2.75) is 32.0 Å². The highest BCUT2D eigenvalue weighted by atomic mass is 32.1. The lowest BCUT2D eigenvalue weighted by atomic mass is 10.0.